The summed E-state index contributed by atoms with van der Waals surface area (Å²) in [6.45, 7) is 24.2. The summed E-state index contributed by atoms with van der Waals surface area (Å²) in [6.07, 6.45) is 33.8. The van der Waals surface area contributed by atoms with Crippen molar-refractivity contribution in [2.45, 2.75) is 107 Å². The molecule has 222 valence electrons. The SMILES string of the molecule is C=C(/C=C/C1=C(C)CCCC1(C)C)C(O)/C=C/C(C)=C/C=C/C=C(C)/C=C/C=C(C)/C=C/C1=C(C)CCCC1(C)C. The van der Waals surface area contributed by atoms with Crippen molar-refractivity contribution in [2.75, 3.05) is 0 Å². The van der Waals surface area contributed by atoms with Crippen molar-refractivity contribution in [2.24, 2.45) is 10.8 Å². The minimum absolute atomic E-state index is 0.185. The molecule has 0 heterocycles. The van der Waals surface area contributed by atoms with E-state index in [2.05, 4.69) is 105 Å². The molecule has 0 spiro atoms. The van der Waals surface area contributed by atoms with Crippen LogP contribution in [-0.2, 0) is 0 Å². The van der Waals surface area contributed by atoms with Crippen LogP contribution in [0.4, 0.5) is 0 Å². The van der Waals surface area contributed by atoms with E-state index in [4.69, 9.17) is 0 Å². The van der Waals surface area contributed by atoms with Crippen LogP contribution in [-0.4, -0.2) is 11.2 Å². The van der Waals surface area contributed by atoms with Gasteiger partial charge in [0.25, 0.3) is 0 Å². The fraction of sp³-hybridized carbons (Fsp3) is 0.450. The largest absolute Gasteiger partial charge is 0.384 e. The lowest BCUT2D eigenvalue weighted by atomic mass is 9.72. The van der Waals surface area contributed by atoms with Crippen LogP contribution in [0.25, 0.3) is 0 Å². The van der Waals surface area contributed by atoms with E-state index in [1.165, 1.54) is 65.5 Å². The van der Waals surface area contributed by atoms with Crippen LogP contribution >= 0.6 is 0 Å². The lowest BCUT2D eigenvalue weighted by molar-refractivity contribution is 0.263. The van der Waals surface area contributed by atoms with Gasteiger partial charge < -0.3 is 5.11 Å². The molecule has 1 heteroatoms. The quantitative estimate of drug-likeness (QED) is 0.253. The predicted octanol–water partition coefficient (Wildman–Crippen LogP) is 11.6. The van der Waals surface area contributed by atoms with Crippen molar-refractivity contribution < 1.29 is 5.11 Å². The van der Waals surface area contributed by atoms with Crippen LogP contribution in [0.3, 0.4) is 0 Å². The van der Waals surface area contributed by atoms with Gasteiger partial charge in [-0.1, -0.05) is 141 Å². The van der Waals surface area contributed by atoms with Crippen molar-refractivity contribution in [3.05, 3.63) is 130 Å². The van der Waals surface area contributed by atoms with Crippen LogP contribution < -0.4 is 0 Å². The molecule has 0 aromatic heterocycles. The highest BCUT2D eigenvalue weighted by atomic mass is 16.3. The first kappa shape index (κ1) is 34.3. The first-order chi connectivity index (χ1) is 19.2. The highest BCUT2D eigenvalue weighted by Crippen LogP contribution is 2.41. The summed E-state index contributed by atoms with van der Waals surface area (Å²) in [6, 6.07) is 0. The van der Waals surface area contributed by atoms with E-state index in [1.54, 1.807) is 6.08 Å². The van der Waals surface area contributed by atoms with E-state index in [0.717, 1.165) is 12.0 Å². The molecule has 1 nitrogen and oxygen atoms in total. The summed E-state index contributed by atoms with van der Waals surface area (Å²) < 4.78 is 0. The fourth-order valence-electron chi connectivity index (χ4n) is 5.82. The maximum Gasteiger partial charge on any atom is 0.0969 e. The smallest absolute Gasteiger partial charge is 0.0969 e. The van der Waals surface area contributed by atoms with Crippen LogP contribution in [0, 0.1) is 10.8 Å². The van der Waals surface area contributed by atoms with Crippen LogP contribution in [0.15, 0.2) is 130 Å². The predicted molar refractivity (Wildman–Crippen MR) is 183 cm³/mol. The van der Waals surface area contributed by atoms with Crippen molar-refractivity contribution in [3.8, 4) is 0 Å². The van der Waals surface area contributed by atoms with Crippen molar-refractivity contribution in [1.29, 1.82) is 0 Å². The highest BCUT2D eigenvalue weighted by molar-refractivity contribution is 5.39. The van der Waals surface area contributed by atoms with Gasteiger partial charge in [0.1, 0.15) is 0 Å². The van der Waals surface area contributed by atoms with Gasteiger partial charge in [-0.2, -0.15) is 0 Å². The Hall–Kier alpha value is -2.90. The van der Waals surface area contributed by atoms with Gasteiger partial charge in [0.05, 0.1) is 6.10 Å². The Kier molecular flexibility index (Phi) is 13.3. The summed E-state index contributed by atoms with van der Waals surface area (Å²) in [5, 5.41) is 10.6. The van der Waals surface area contributed by atoms with Crippen LogP contribution in [0.2, 0.25) is 0 Å². The highest BCUT2D eigenvalue weighted by Gasteiger charge is 2.27. The van der Waals surface area contributed by atoms with E-state index < -0.39 is 6.10 Å². The minimum atomic E-state index is -0.695. The molecule has 1 unspecified atom stereocenters. The maximum atomic E-state index is 10.6. The normalized spacial score (nSPS) is 22.0. The molecule has 41 heavy (non-hydrogen) atoms. The maximum absolute atomic E-state index is 10.6. The summed E-state index contributed by atoms with van der Waals surface area (Å²) in [4.78, 5) is 0. The molecule has 0 amide bonds. The van der Waals surface area contributed by atoms with E-state index in [1.807, 2.05) is 37.3 Å². The van der Waals surface area contributed by atoms with Gasteiger partial charge in [0.15, 0.2) is 0 Å². The Balaban J connectivity index is 1.89. The standard InChI is InChI=1S/C40H56O/c1-30(18-13-19-32(3)22-25-36-33(4)20-14-28-39(36,7)8)16-11-12-17-31(2)23-27-38(41)35(6)24-26-37-34(5)21-15-29-40(37,9)10/h11-13,16-19,22-27,38,41H,6,14-15,20-21,28-29H2,1-5,7-10H3/b12-11+,18-13+,25-22+,26-24+,27-23+,30-16+,31-17+,32-19+. The Bertz CT molecular complexity index is 1240. The summed E-state index contributed by atoms with van der Waals surface area (Å²) in [7, 11) is 0. The van der Waals surface area contributed by atoms with E-state index >= 15 is 0 Å². The number of aliphatic hydroxyl groups is 1. The molecule has 2 aliphatic rings. The third kappa shape index (κ3) is 11.5. The summed E-state index contributed by atoms with van der Waals surface area (Å²) >= 11 is 0. The molecule has 0 aromatic rings. The van der Waals surface area contributed by atoms with E-state index in [-0.39, 0.29) is 10.8 Å². The molecular weight excluding hydrogens is 496 g/mol. The molecule has 2 aliphatic carbocycles. The molecule has 0 fully saturated rings. The second kappa shape index (κ2) is 15.9. The molecule has 1 N–H and O–H groups in total. The second-order valence-electron chi connectivity index (χ2n) is 13.4. The molecule has 2 rings (SSSR count). The average molecular weight is 553 g/mol. The van der Waals surface area contributed by atoms with Gasteiger partial charge in [-0.25, -0.2) is 0 Å². The van der Waals surface area contributed by atoms with Gasteiger partial charge in [-0.3, -0.25) is 0 Å². The lowest BCUT2D eigenvalue weighted by Gasteiger charge is -2.33. The Morgan fingerprint density at radius 3 is 1.63 bits per heavy atom. The first-order valence-electron chi connectivity index (χ1n) is 15.4. The third-order valence-corrected chi connectivity index (χ3v) is 8.53. The summed E-state index contributed by atoms with van der Waals surface area (Å²) in [5.74, 6) is 0. The zero-order valence-electron chi connectivity index (χ0n) is 27.5. The molecule has 0 aromatic carbocycles. The monoisotopic (exact) mass is 552 g/mol. The van der Waals surface area contributed by atoms with Crippen molar-refractivity contribution in [3.63, 3.8) is 0 Å². The van der Waals surface area contributed by atoms with E-state index in [9.17, 15) is 5.11 Å². The zero-order chi connectivity index (χ0) is 30.6. The van der Waals surface area contributed by atoms with Gasteiger partial charge >= 0.3 is 0 Å². The van der Waals surface area contributed by atoms with Crippen LogP contribution in [0.1, 0.15) is 101 Å². The second-order valence-corrected chi connectivity index (χ2v) is 13.4. The number of hydrogen-bond acceptors (Lipinski definition) is 1. The Labute approximate surface area is 252 Å². The Morgan fingerprint density at radius 2 is 1.12 bits per heavy atom. The molecule has 0 saturated heterocycles. The van der Waals surface area contributed by atoms with Gasteiger partial charge in [-0.15, -0.1) is 0 Å². The van der Waals surface area contributed by atoms with Crippen LogP contribution in [0.5, 0.6) is 0 Å². The third-order valence-electron chi connectivity index (χ3n) is 8.53. The average Bonchev–Trinajstić information content (AvgIpc) is 2.88. The van der Waals surface area contributed by atoms with Gasteiger partial charge in [0, 0.05) is 0 Å². The number of hydrogen-bond donors (Lipinski definition) is 1. The number of allylic oxidation sites excluding steroid dienone is 18. The van der Waals surface area contributed by atoms with Gasteiger partial charge in [-0.05, 0) is 101 Å². The van der Waals surface area contributed by atoms with Gasteiger partial charge in [0.2, 0.25) is 0 Å². The lowest BCUT2D eigenvalue weighted by Crippen LogP contribution is -2.19. The first-order valence-corrected chi connectivity index (χ1v) is 15.4. The Morgan fingerprint density at radius 1 is 0.683 bits per heavy atom. The number of aliphatic hydroxyl groups excluding tert-OH is 1. The van der Waals surface area contributed by atoms with E-state index in [0.29, 0.717) is 5.57 Å². The molecule has 1 atom stereocenters. The summed E-state index contributed by atoms with van der Waals surface area (Å²) in [5.41, 5.74) is 10.6. The molecular formula is C40H56O. The molecule has 0 aliphatic heterocycles. The fourth-order valence-corrected chi connectivity index (χ4v) is 5.82. The molecule has 0 saturated carbocycles. The minimum Gasteiger partial charge on any atom is -0.384 e. The van der Waals surface area contributed by atoms with Crippen molar-refractivity contribution >= 4 is 0 Å². The molecule has 0 bridgehead atoms. The zero-order valence-corrected chi connectivity index (χ0v) is 27.5. The van der Waals surface area contributed by atoms with Crippen molar-refractivity contribution in [1.82, 2.24) is 0 Å². The topological polar surface area (TPSA) is 20.2 Å². The number of rotatable bonds is 11. The molecule has 0 radical (unpaired) electrons.